The first-order chi connectivity index (χ1) is 9.02. The molecule has 0 aliphatic carbocycles. The van der Waals surface area contributed by atoms with Crippen LogP contribution in [-0.4, -0.2) is 48.3 Å². The number of halogens is 1. The van der Waals surface area contributed by atoms with Gasteiger partial charge in [0.05, 0.1) is 17.5 Å². The Morgan fingerprint density at radius 2 is 2.00 bits per heavy atom. The van der Waals surface area contributed by atoms with Gasteiger partial charge in [-0.1, -0.05) is 0 Å². The van der Waals surface area contributed by atoms with Crippen LogP contribution in [0.5, 0.6) is 0 Å². The predicted molar refractivity (Wildman–Crippen MR) is 74.7 cm³/mol. The van der Waals surface area contributed by atoms with E-state index < -0.39 is 27.1 Å². The van der Waals surface area contributed by atoms with E-state index >= 15 is 0 Å². The van der Waals surface area contributed by atoms with E-state index in [-0.39, 0.29) is 17.9 Å². The Bertz CT molecular complexity index is 594. The van der Waals surface area contributed by atoms with Crippen molar-refractivity contribution in [2.24, 2.45) is 0 Å². The van der Waals surface area contributed by atoms with Gasteiger partial charge in [0, 0.05) is 24.5 Å². The van der Waals surface area contributed by atoms with Gasteiger partial charge in [0.15, 0.2) is 5.82 Å². The van der Waals surface area contributed by atoms with E-state index in [1.807, 2.05) is 0 Å². The molecule has 20 heavy (non-hydrogen) atoms. The molecule has 0 saturated carbocycles. The minimum Gasteiger partial charge on any atom is -0.333 e. The van der Waals surface area contributed by atoms with Gasteiger partial charge in [-0.3, -0.25) is 9.78 Å². The van der Waals surface area contributed by atoms with Crippen molar-refractivity contribution < 1.29 is 17.6 Å². The first-order valence-electron chi connectivity index (χ1n) is 6.11. The summed E-state index contributed by atoms with van der Waals surface area (Å²) >= 11 is 0. The summed E-state index contributed by atoms with van der Waals surface area (Å²) in [4.78, 5) is 17.3. The van der Waals surface area contributed by atoms with Crippen LogP contribution in [0, 0.1) is 5.82 Å². The number of sulfone groups is 1. The number of pyridine rings is 1. The Kier molecular flexibility index (Phi) is 4.86. The zero-order valence-electron chi connectivity index (χ0n) is 12.1. The molecule has 0 unspecified atom stereocenters. The second-order valence-electron chi connectivity index (χ2n) is 5.61. The fraction of sp³-hybridized carbons (Fsp3) is 0.538. The zero-order valence-corrected chi connectivity index (χ0v) is 12.9. The first-order valence-corrected chi connectivity index (χ1v) is 8.17. The smallest absolute Gasteiger partial charge is 0.257 e. The molecule has 0 aliphatic heterocycles. The summed E-state index contributed by atoms with van der Waals surface area (Å²) in [5.74, 6) is -1.42. The van der Waals surface area contributed by atoms with Crippen LogP contribution in [0.3, 0.4) is 0 Å². The molecule has 0 aromatic carbocycles. The van der Waals surface area contributed by atoms with Gasteiger partial charge in [0.25, 0.3) is 5.91 Å². The Labute approximate surface area is 118 Å². The van der Waals surface area contributed by atoms with E-state index in [0.717, 1.165) is 12.5 Å². The predicted octanol–water partition coefficient (Wildman–Crippen LogP) is 1.51. The molecular formula is C13H19FN2O3S. The second kappa shape index (κ2) is 5.87. The molecule has 112 valence electrons. The fourth-order valence-electron chi connectivity index (χ4n) is 1.69. The summed E-state index contributed by atoms with van der Waals surface area (Å²) in [5, 5.41) is 0. The molecule has 0 N–H and O–H groups in total. The second-order valence-corrected chi connectivity index (χ2v) is 7.87. The number of hydrogen-bond acceptors (Lipinski definition) is 4. The maximum absolute atomic E-state index is 13.6. The van der Waals surface area contributed by atoms with Gasteiger partial charge < -0.3 is 4.90 Å². The van der Waals surface area contributed by atoms with Crippen LogP contribution in [0.15, 0.2) is 18.5 Å². The van der Waals surface area contributed by atoms with Gasteiger partial charge in [-0.2, -0.15) is 0 Å². The Morgan fingerprint density at radius 1 is 1.40 bits per heavy atom. The van der Waals surface area contributed by atoms with Crippen LogP contribution in [0.4, 0.5) is 4.39 Å². The monoisotopic (exact) mass is 302 g/mol. The molecule has 7 heteroatoms. The topological polar surface area (TPSA) is 67.3 Å². The number of amides is 1. The van der Waals surface area contributed by atoms with Crippen LogP contribution in [0.1, 0.15) is 31.1 Å². The maximum atomic E-state index is 13.6. The van der Waals surface area contributed by atoms with Gasteiger partial charge in [-0.15, -0.1) is 0 Å². The third kappa shape index (κ3) is 4.56. The van der Waals surface area contributed by atoms with Gasteiger partial charge in [-0.05, 0) is 26.8 Å². The Balaban J connectivity index is 3.06. The van der Waals surface area contributed by atoms with Crippen LogP contribution < -0.4 is 0 Å². The summed E-state index contributed by atoms with van der Waals surface area (Å²) in [6.45, 7) is 5.33. The molecule has 1 rings (SSSR count). The molecule has 0 aliphatic rings. The molecule has 1 heterocycles. The first kappa shape index (κ1) is 16.6. The Morgan fingerprint density at radius 3 is 2.45 bits per heavy atom. The van der Waals surface area contributed by atoms with Crippen molar-refractivity contribution in [2.45, 2.75) is 26.3 Å². The molecule has 0 spiro atoms. The average molecular weight is 302 g/mol. The van der Waals surface area contributed by atoms with E-state index in [1.165, 1.54) is 17.2 Å². The van der Waals surface area contributed by atoms with Crippen molar-refractivity contribution in [2.75, 3.05) is 18.6 Å². The maximum Gasteiger partial charge on any atom is 0.257 e. The summed E-state index contributed by atoms with van der Waals surface area (Å²) in [6.07, 6.45) is 3.39. The third-order valence-electron chi connectivity index (χ3n) is 2.74. The largest absolute Gasteiger partial charge is 0.333 e. The van der Waals surface area contributed by atoms with E-state index in [2.05, 4.69) is 4.98 Å². The molecule has 1 aromatic rings. The number of rotatable bonds is 4. The van der Waals surface area contributed by atoms with E-state index in [9.17, 15) is 17.6 Å². The molecular weight excluding hydrogens is 283 g/mol. The van der Waals surface area contributed by atoms with Crippen LogP contribution in [0.25, 0.3) is 0 Å². The van der Waals surface area contributed by atoms with Gasteiger partial charge in [0.2, 0.25) is 0 Å². The van der Waals surface area contributed by atoms with E-state index in [4.69, 9.17) is 0 Å². The van der Waals surface area contributed by atoms with Crippen molar-refractivity contribution in [3.8, 4) is 0 Å². The van der Waals surface area contributed by atoms with Crippen LogP contribution in [0.2, 0.25) is 0 Å². The van der Waals surface area contributed by atoms with Gasteiger partial charge in [0.1, 0.15) is 9.84 Å². The van der Waals surface area contributed by atoms with Crippen molar-refractivity contribution in [1.82, 2.24) is 9.88 Å². The lowest BCUT2D eigenvalue weighted by atomic mass is 10.0. The van der Waals surface area contributed by atoms with E-state index in [0.29, 0.717) is 0 Å². The highest BCUT2D eigenvalue weighted by atomic mass is 32.2. The Hall–Kier alpha value is -1.50. The molecule has 0 saturated heterocycles. The van der Waals surface area contributed by atoms with Crippen molar-refractivity contribution in [3.05, 3.63) is 29.8 Å². The highest BCUT2D eigenvalue weighted by molar-refractivity contribution is 7.90. The molecule has 0 atom stereocenters. The molecule has 1 amide bonds. The molecule has 5 nitrogen and oxygen atoms in total. The lowest BCUT2D eigenvalue weighted by molar-refractivity contribution is 0.0596. The third-order valence-corrected chi connectivity index (χ3v) is 3.67. The lowest BCUT2D eigenvalue weighted by Crippen LogP contribution is -2.48. The average Bonchev–Trinajstić information content (AvgIpc) is 2.26. The van der Waals surface area contributed by atoms with Gasteiger partial charge >= 0.3 is 0 Å². The molecule has 0 fully saturated rings. The number of carbonyl (C=O) groups is 1. The van der Waals surface area contributed by atoms with Crippen molar-refractivity contribution >= 4 is 15.7 Å². The zero-order chi connectivity index (χ0) is 15.6. The van der Waals surface area contributed by atoms with Crippen LogP contribution in [-0.2, 0) is 9.84 Å². The summed E-state index contributed by atoms with van der Waals surface area (Å²) < 4.78 is 36.2. The number of hydrogen-bond donors (Lipinski definition) is 0. The fourth-order valence-corrected chi connectivity index (χ4v) is 2.21. The quantitative estimate of drug-likeness (QED) is 0.845. The highest BCUT2D eigenvalue weighted by Crippen LogP contribution is 2.18. The lowest BCUT2D eigenvalue weighted by Gasteiger charge is -2.35. The normalized spacial score (nSPS) is 12.2. The van der Waals surface area contributed by atoms with Gasteiger partial charge in [-0.25, -0.2) is 12.8 Å². The molecule has 0 radical (unpaired) electrons. The van der Waals surface area contributed by atoms with Crippen molar-refractivity contribution in [1.29, 1.82) is 0 Å². The summed E-state index contributed by atoms with van der Waals surface area (Å²) in [6, 6.07) is 1.29. The summed E-state index contributed by atoms with van der Waals surface area (Å²) in [5.41, 5.74) is -0.722. The standard InChI is InChI=1S/C13H19FN2O3S/c1-13(2,3)16(7-8-20(4,18)19)12(17)10-5-6-15-9-11(10)14/h5-6,9H,7-8H2,1-4H3. The number of nitrogens with zero attached hydrogens (tertiary/aromatic N) is 2. The minimum atomic E-state index is -3.21. The SMILES string of the molecule is CC(C)(C)N(CCS(C)(=O)=O)C(=O)c1ccncc1F. The number of carbonyl (C=O) groups excluding carboxylic acids is 1. The highest BCUT2D eigenvalue weighted by Gasteiger charge is 2.29. The molecule has 0 bridgehead atoms. The molecule has 1 aromatic heterocycles. The number of aromatic nitrogens is 1. The minimum absolute atomic E-state index is 0.0168. The van der Waals surface area contributed by atoms with Crippen LogP contribution >= 0.6 is 0 Å². The summed E-state index contributed by atoms with van der Waals surface area (Å²) in [7, 11) is -3.21. The van der Waals surface area contributed by atoms with E-state index in [1.54, 1.807) is 20.8 Å². The van der Waals surface area contributed by atoms with Crippen molar-refractivity contribution in [3.63, 3.8) is 0 Å².